The maximum atomic E-state index is 11.8. The number of alkyl carbamates (subject to hydrolysis) is 1. The molecule has 1 atom stereocenters. The Morgan fingerprint density at radius 2 is 1.92 bits per heavy atom. The van der Waals surface area contributed by atoms with Crippen LogP contribution in [0.1, 0.15) is 18.4 Å². The van der Waals surface area contributed by atoms with Crippen molar-refractivity contribution in [2.75, 3.05) is 19.5 Å². The molecule has 0 fully saturated rings. The van der Waals surface area contributed by atoms with E-state index < -0.39 is 18.1 Å². The van der Waals surface area contributed by atoms with Crippen LogP contribution in [0.2, 0.25) is 0 Å². The molecule has 2 N–H and O–H groups in total. The Morgan fingerprint density at radius 3 is 2.54 bits per heavy atom. The number of methoxy groups -OCH3 is 1. The molecule has 0 aliphatic heterocycles. The average Bonchev–Trinajstić information content (AvgIpc) is 2.61. The molecular weight excluding hydrogens is 336 g/mol. The normalized spacial score (nSPS) is 11.2. The summed E-state index contributed by atoms with van der Waals surface area (Å²) in [7, 11) is 1.20. The van der Waals surface area contributed by atoms with Crippen LogP contribution in [0.3, 0.4) is 0 Å². The van der Waals surface area contributed by atoms with Crippen molar-refractivity contribution in [3.05, 3.63) is 35.9 Å². The van der Waals surface area contributed by atoms with Crippen LogP contribution >= 0.6 is 11.6 Å². The standard InChI is InChI=1S/C16H21ClN2O5/c1-23-15(21)13(10-18-14(20)8-5-9-17)19-16(22)24-11-12-6-3-2-4-7-12/h2-4,6-7,13H,5,8-11H2,1H3,(H,18,20)(H,19,22)/t13-/m0/s1. The van der Waals surface area contributed by atoms with Crippen LogP contribution in [0, 0.1) is 0 Å². The van der Waals surface area contributed by atoms with Gasteiger partial charge in [-0.25, -0.2) is 9.59 Å². The highest BCUT2D eigenvalue weighted by Gasteiger charge is 2.22. The lowest BCUT2D eigenvalue weighted by Gasteiger charge is -2.17. The van der Waals surface area contributed by atoms with Crippen molar-refractivity contribution in [2.45, 2.75) is 25.5 Å². The Hall–Kier alpha value is -2.28. The van der Waals surface area contributed by atoms with E-state index in [4.69, 9.17) is 16.3 Å². The summed E-state index contributed by atoms with van der Waals surface area (Å²) in [5.41, 5.74) is 0.816. The third-order valence-corrected chi connectivity index (χ3v) is 3.30. The molecule has 1 aromatic rings. The number of carbonyl (C=O) groups is 3. The van der Waals surface area contributed by atoms with Crippen LogP contribution < -0.4 is 10.6 Å². The molecule has 0 aliphatic carbocycles. The molecule has 0 radical (unpaired) electrons. The van der Waals surface area contributed by atoms with Gasteiger partial charge < -0.3 is 20.1 Å². The SMILES string of the molecule is COC(=O)[C@H](CNC(=O)CCCCl)NC(=O)OCc1ccccc1. The Bertz CT molecular complexity index is 539. The maximum Gasteiger partial charge on any atom is 0.408 e. The van der Waals surface area contributed by atoms with E-state index in [2.05, 4.69) is 15.4 Å². The number of esters is 1. The Balaban J connectivity index is 2.45. The van der Waals surface area contributed by atoms with Crippen LogP contribution in [0.4, 0.5) is 4.79 Å². The first-order valence-electron chi connectivity index (χ1n) is 7.44. The van der Waals surface area contributed by atoms with Gasteiger partial charge >= 0.3 is 12.1 Å². The van der Waals surface area contributed by atoms with E-state index in [0.29, 0.717) is 12.3 Å². The summed E-state index contributed by atoms with van der Waals surface area (Å²) in [4.78, 5) is 35.0. The quantitative estimate of drug-likeness (QED) is 0.517. The maximum absolute atomic E-state index is 11.8. The number of alkyl halides is 1. The Labute approximate surface area is 145 Å². The molecule has 0 heterocycles. The highest BCUT2D eigenvalue weighted by molar-refractivity contribution is 6.17. The number of ether oxygens (including phenoxy) is 2. The predicted molar refractivity (Wildman–Crippen MR) is 88.5 cm³/mol. The number of carbonyl (C=O) groups excluding carboxylic acids is 3. The van der Waals surface area contributed by atoms with Gasteiger partial charge in [0.05, 0.1) is 7.11 Å². The minimum absolute atomic E-state index is 0.0721. The van der Waals surface area contributed by atoms with Gasteiger partial charge in [0.2, 0.25) is 5.91 Å². The molecule has 7 nitrogen and oxygen atoms in total. The van der Waals surface area contributed by atoms with Gasteiger partial charge in [0.25, 0.3) is 0 Å². The molecule has 0 unspecified atom stereocenters. The zero-order valence-electron chi connectivity index (χ0n) is 13.4. The lowest BCUT2D eigenvalue weighted by Crippen LogP contribution is -2.49. The van der Waals surface area contributed by atoms with Crippen molar-refractivity contribution in [1.82, 2.24) is 10.6 Å². The van der Waals surface area contributed by atoms with Crippen molar-refractivity contribution in [3.8, 4) is 0 Å². The summed E-state index contributed by atoms with van der Waals surface area (Å²) in [6, 6.07) is 8.08. The van der Waals surface area contributed by atoms with E-state index in [1.807, 2.05) is 30.3 Å². The number of halogens is 1. The van der Waals surface area contributed by atoms with Gasteiger partial charge in [-0.3, -0.25) is 4.79 Å². The van der Waals surface area contributed by atoms with E-state index in [1.54, 1.807) is 0 Å². The number of nitrogens with one attached hydrogen (secondary N) is 2. The Kier molecular flexibility index (Phi) is 9.29. The molecule has 1 aromatic carbocycles. The van der Waals surface area contributed by atoms with Gasteiger partial charge in [-0.1, -0.05) is 30.3 Å². The minimum atomic E-state index is -1.03. The molecule has 0 saturated heterocycles. The molecular formula is C16H21ClN2O5. The molecule has 132 valence electrons. The van der Waals surface area contributed by atoms with Crippen LogP contribution in [-0.4, -0.2) is 43.5 Å². The molecule has 0 bridgehead atoms. The number of hydrogen-bond acceptors (Lipinski definition) is 5. The number of amides is 2. The Morgan fingerprint density at radius 1 is 1.21 bits per heavy atom. The van der Waals surface area contributed by atoms with Gasteiger partial charge in [-0.2, -0.15) is 0 Å². The van der Waals surface area contributed by atoms with E-state index in [9.17, 15) is 14.4 Å². The van der Waals surface area contributed by atoms with Crippen molar-refractivity contribution < 1.29 is 23.9 Å². The van der Waals surface area contributed by atoms with Gasteiger partial charge in [-0.05, 0) is 12.0 Å². The minimum Gasteiger partial charge on any atom is -0.467 e. The van der Waals surface area contributed by atoms with Crippen LogP contribution in [0.15, 0.2) is 30.3 Å². The molecule has 0 aromatic heterocycles. The van der Waals surface area contributed by atoms with E-state index >= 15 is 0 Å². The third kappa shape index (κ3) is 7.82. The number of hydrogen-bond donors (Lipinski definition) is 2. The highest BCUT2D eigenvalue weighted by Crippen LogP contribution is 2.01. The van der Waals surface area contributed by atoms with Crippen LogP contribution in [0.5, 0.6) is 0 Å². The van der Waals surface area contributed by atoms with Gasteiger partial charge in [0, 0.05) is 18.8 Å². The van der Waals surface area contributed by atoms with Crippen LogP contribution in [-0.2, 0) is 25.7 Å². The van der Waals surface area contributed by atoms with Crippen molar-refractivity contribution in [2.24, 2.45) is 0 Å². The number of benzene rings is 1. The second-order valence-electron chi connectivity index (χ2n) is 4.88. The molecule has 0 spiro atoms. The zero-order chi connectivity index (χ0) is 17.8. The summed E-state index contributed by atoms with van der Waals surface area (Å²) >= 11 is 5.51. The summed E-state index contributed by atoms with van der Waals surface area (Å²) in [5, 5.41) is 4.92. The first-order chi connectivity index (χ1) is 11.6. The molecule has 1 rings (SSSR count). The monoisotopic (exact) mass is 356 g/mol. The predicted octanol–water partition coefficient (Wildman–Crippen LogP) is 1.59. The first-order valence-corrected chi connectivity index (χ1v) is 7.98. The molecule has 24 heavy (non-hydrogen) atoms. The summed E-state index contributed by atoms with van der Waals surface area (Å²) in [6.07, 6.45) is 0.00263. The first kappa shape index (κ1) is 19.8. The molecule has 8 heteroatoms. The largest absolute Gasteiger partial charge is 0.467 e. The van der Waals surface area contributed by atoms with Crippen molar-refractivity contribution in [1.29, 1.82) is 0 Å². The van der Waals surface area contributed by atoms with E-state index in [0.717, 1.165) is 5.56 Å². The van der Waals surface area contributed by atoms with Gasteiger partial charge in [0.1, 0.15) is 12.6 Å². The zero-order valence-corrected chi connectivity index (χ0v) is 14.2. The van der Waals surface area contributed by atoms with Crippen molar-refractivity contribution in [3.63, 3.8) is 0 Å². The lowest BCUT2D eigenvalue weighted by atomic mass is 10.2. The summed E-state index contributed by atoms with van der Waals surface area (Å²) in [5.74, 6) is -0.564. The fraction of sp³-hybridized carbons (Fsp3) is 0.438. The lowest BCUT2D eigenvalue weighted by molar-refractivity contribution is -0.143. The van der Waals surface area contributed by atoms with E-state index in [1.165, 1.54) is 7.11 Å². The smallest absolute Gasteiger partial charge is 0.408 e. The molecule has 2 amide bonds. The highest BCUT2D eigenvalue weighted by atomic mass is 35.5. The van der Waals surface area contributed by atoms with Crippen LogP contribution in [0.25, 0.3) is 0 Å². The van der Waals surface area contributed by atoms with Crippen molar-refractivity contribution >= 4 is 29.6 Å². The van der Waals surface area contributed by atoms with Gasteiger partial charge in [-0.15, -0.1) is 11.6 Å². The van der Waals surface area contributed by atoms with Gasteiger partial charge in [0.15, 0.2) is 0 Å². The molecule has 0 saturated carbocycles. The number of rotatable bonds is 9. The fourth-order valence-electron chi connectivity index (χ4n) is 1.77. The molecule has 0 aliphatic rings. The fourth-order valence-corrected chi connectivity index (χ4v) is 1.91. The second kappa shape index (κ2) is 11.3. The summed E-state index contributed by atoms with van der Waals surface area (Å²) < 4.78 is 9.64. The third-order valence-electron chi connectivity index (χ3n) is 3.03. The van der Waals surface area contributed by atoms with E-state index in [-0.39, 0.29) is 25.5 Å². The average molecular weight is 357 g/mol. The summed E-state index contributed by atoms with van der Waals surface area (Å²) in [6.45, 7) is -0.0170. The topological polar surface area (TPSA) is 93.7 Å². The second-order valence-corrected chi connectivity index (χ2v) is 5.26.